The fraction of sp³-hybridized carbons (Fsp3) is 0.188. The average molecular weight is 336 g/mol. The zero-order valence-corrected chi connectivity index (χ0v) is 12.9. The third-order valence-electron chi connectivity index (χ3n) is 3.11. The summed E-state index contributed by atoms with van der Waals surface area (Å²) in [7, 11) is 1.89. The predicted molar refractivity (Wildman–Crippen MR) is 82.7 cm³/mol. The van der Waals surface area contributed by atoms with Gasteiger partial charge >= 0.3 is 0 Å². The first-order chi connectivity index (χ1) is 9.49. The normalized spacial score (nSPS) is 10.4. The number of anilines is 1. The highest BCUT2D eigenvalue weighted by molar-refractivity contribution is 9.10. The Balaban J connectivity index is 2.32. The van der Waals surface area contributed by atoms with Crippen molar-refractivity contribution in [2.45, 2.75) is 13.5 Å². The van der Waals surface area contributed by atoms with E-state index in [4.69, 9.17) is 0 Å². The molecular formula is C16H15BrFNO. The van der Waals surface area contributed by atoms with Crippen LogP contribution in [0.3, 0.4) is 0 Å². The summed E-state index contributed by atoms with van der Waals surface area (Å²) >= 11 is 3.50. The molecule has 0 aliphatic heterocycles. The number of hydrogen-bond donors (Lipinski definition) is 0. The SMILES string of the molecule is CC(=O)c1cc(F)ccc1N(C)Cc1ccccc1Br. The molecule has 2 aromatic carbocycles. The summed E-state index contributed by atoms with van der Waals surface area (Å²) in [6.45, 7) is 2.08. The zero-order valence-electron chi connectivity index (χ0n) is 11.4. The quantitative estimate of drug-likeness (QED) is 0.770. The molecule has 0 bridgehead atoms. The minimum atomic E-state index is -0.395. The van der Waals surface area contributed by atoms with Crippen molar-refractivity contribution in [2.75, 3.05) is 11.9 Å². The number of benzene rings is 2. The van der Waals surface area contributed by atoms with Crippen molar-refractivity contribution in [1.29, 1.82) is 0 Å². The minimum absolute atomic E-state index is 0.140. The third-order valence-corrected chi connectivity index (χ3v) is 3.89. The molecule has 2 rings (SSSR count). The van der Waals surface area contributed by atoms with Gasteiger partial charge in [0.1, 0.15) is 5.82 Å². The van der Waals surface area contributed by atoms with Crippen LogP contribution in [-0.4, -0.2) is 12.8 Å². The number of rotatable bonds is 4. The minimum Gasteiger partial charge on any atom is -0.370 e. The molecule has 0 saturated carbocycles. The largest absolute Gasteiger partial charge is 0.370 e. The Bertz CT molecular complexity index is 642. The molecule has 2 aromatic rings. The lowest BCUT2D eigenvalue weighted by molar-refractivity contribution is 0.101. The predicted octanol–water partition coefficient (Wildman–Crippen LogP) is 4.43. The van der Waals surface area contributed by atoms with Crippen molar-refractivity contribution in [3.63, 3.8) is 0 Å². The van der Waals surface area contributed by atoms with Gasteiger partial charge in [0.25, 0.3) is 0 Å². The smallest absolute Gasteiger partial charge is 0.161 e. The Labute approximate surface area is 126 Å². The van der Waals surface area contributed by atoms with Gasteiger partial charge in [0.15, 0.2) is 5.78 Å². The van der Waals surface area contributed by atoms with Gasteiger partial charge < -0.3 is 4.90 Å². The van der Waals surface area contributed by atoms with Gasteiger partial charge in [0.05, 0.1) is 0 Å². The van der Waals surface area contributed by atoms with Gasteiger partial charge in [-0.15, -0.1) is 0 Å². The number of halogens is 2. The molecule has 0 saturated heterocycles. The topological polar surface area (TPSA) is 20.3 Å². The van der Waals surface area contributed by atoms with Crippen LogP contribution in [0, 0.1) is 5.82 Å². The number of ketones is 1. The molecule has 0 radical (unpaired) electrons. The van der Waals surface area contributed by atoms with Gasteiger partial charge in [0.2, 0.25) is 0 Å². The maximum absolute atomic E-state index is 13.3. The molecule has 2 nitrogen and oxygen atoms in total. The summed E-state index contributed by atoms with van der Waals surface area (Å²) < 4.78 is 14.3. The van der Waals surface area contributed by atoms with Crippen molar-refractivity contribution < 1.29 is 9.18 Å². The second-order valence-electron chi connectivity index (χ2n) is 4.67. The molecule has 0 N–H and O–H groups in total. The standard InChI is InChI=1S/C16H15BrFNO/c1-11(20)14-9-13(18)7-8-16(14)19(2)10-12-5-3-4-6-15(12)17/h3-9H,10H2,1-2H3. The zero-order chi connectivity index (χ0) is 14.7. The molecular weight excluding hydrogens is 321 g/mol. The van der Waals surface area contributed by atoms with E-state index in [9.17, 15) is 9.18 Å². The number of Topliss-reactive ketones (excluding diaryl/α,β-unsaturated/α-hetero) is 1. The third kappa shape index (κ3) is 3.25. The van der Waals surface area contributed by atoms with Crippen molar-refractivity contribution in [2.24, 2.45) is 0 Å². The molecule has 0 unspecified atom stereocenters. The molecule has 0 fully saturated rings. The number of nitrogens with zero attached hydrogens (tertiary/aromatic N) is 1. The number of hydrogen-bond acceptors (Lipinski definition) is 2. The van der Waals surface area contributed by atoms with Crippen LogP contribution in [0.2, 0.25) is 0 Å². The van der Waals surface area contributed by atoms with Crippen molar-refractivity contribution in [1.82, 2.24) is 0 Å². The van der Waals surface area contributed by atoms with Crippen LogP contribution in [0.1, 0.15) is 22.8 Å². The molecule has 20 heavy (non-hydrogen) atoms. The van der Waals surface area contributed by atoms with Crippen LogP contribution in [0.25, 0.3) is 0 Å². The first-order valence-electron chi connectivity index (χ1n) is 6.24. The van der Waals surface area contributed by atoms with E-state index in [-0.39, 0.29) is 5.78 Å². The van der Waals surface area contributed by atoms with Gasteiger partial charge in [-0.25, -0.2) is 4.39 Å². The molecule has 0 atom stereocenters. The van der Waals surface area contributed by atoms with E-state index in [1.54, 1.807) is 6.07 Å². The second kappa shape index (κ2) is 6.18. The fourth-order valence-electron chi connectivity index (χ4n) is 2.09. The molecule has 4 heteroatoms. The van der Waals surface area contributed by atoms with E-state index < -0.39 is 5.82 Å². The van der Waals surface area contributed by atoms with Gasteiger partial charge in [-0.05, 0) is 36.8 Å². The second-order valence-corrected chi connectivity index (χ2v) is 5.52. The summed E-state index contributed by atoms with van der Waals surface area (Å²) in [5.74, 6) is -0.535. The van der Waals surface area contributed by atoms with Gasteiger partial charge in [-0.1, -0.05) is 34.1 Å². The lowest BCUT2D eigenvalue weighted by Crippen LogP contribution is -2.19. The highest BCUT2D eigenvalue weighted by atomic mass is 79.9. The molecule has 0 aromatic heterocycles. The lowest BCUT2D eigenvalue weighted by atomic mass is 10.1. The first-order valence-corrected chi connectivity index (χ1v) is 7.03. The maximum Gasteiger partial charge on any atom is 0.161 e. The molecule has 0 amide bonds. The molecule has 0 spiro atoms. The van der Waals surface area contributed by atoms with Crippen LogP contribution in [0.15, 0.2) is 46.9 Å². The number of carbonyl (C=O) groups excluding carboxylic acids is 1. The molecule has 0 heterocycles. The van der Waals surface area contributed by atoms with E-state index in [2.05, 4.69) is 15.9 Å². The van der Waals surface area contributed by atoms with Crippen LogP contribution >= 0.6 is 15.9 Å². The Morgan fingerprint density at radius 2 is 1.95 bits per heavy atom. The summed E-state index contributed by atoms with van der Waals surface area (Å²) in [6.07, 6.45) is 0. The summed E-state index contributed by atoms with van der Waals surface area (Å²) in [5, 5.41) is 0. The van der Waals surface area contributed by atoms with Crippen LogP contribution in [0.4, 0.5) is 10.1 Å². The van der Waals surface area contributed by atoms with Crippen LogP contribution < -0.4 is 4.90 Å². The maximum atomic E-state index is 13.3. The highest BCUT2D eigenvalue weighted by Crippen LogP contribution is 2.25. The Morgan fingerprint density at radius 3 is 2.60 bits per heavy atom. The van der Waals surface area contributed by atoms with Crippen LogP contribution in [-0.2, 0) is 6.54 Å². The van der Waals surface area contributed by atoms with Gasteiger partial charge in [0, 0.05) is 29.3 Å². The number of carbonyl (C=O) groups is 1. The summed E-state index contributed by atoms with van der Waals surface area (Å²) in [6, 6.07) is 12.2. The van der Waals surface area contributed by atoms with Crippen molar-refractivity contribution in [3.05, 3.63) is 63.9 Å². The first kappa shape index (κ1) is 14.7. The summed E-state index contributed by atoms with van der Waals surface area (Å²) in [5.41, 5.74) is 2.24. The molecule has 104 valence electrons. The highest BCUT2D eigenvalue weighted by Gasteiger charge is 2.13. The Kier molecular flexibility index (Phi) is 4.55. The van der Waals surface area contributed by atoms with E-state index >= 15 is 0 Å². The van der Waals surface area contributed by atoms with Crippen LogP contribution in [0.5, 0.6) is 0 Å². The van der Waals surface area contributed by atoms with E-state index in [1.807, 2.05) is 36.2 Å². The average Bonchev–Trinajstić information content (AvgIpc) is 2.41. The summed E-state index contributed by atoms with van der Waals surface area (Å²) in [4.78, 5) is 13.6. The van der Waals surface area contributed by atoms with Crippen molar-refractivity contribution in [3.8, 4) is 0 Å². The Morgan fingerprint density at radius 1 is 1.25 bits per heavy atom. The molecule has 0 aliphatic carbocycles. The molecule has 0 aliphatic rings. The monoisotopic (exact) mass is 335 g/mol. The van der Waals surface area contributed by atoms with Gasteiger partial charge in [-0.3, -0.25) is 4.79 Å². The van der Waals surface area contributed by atoms with E-state index in [0.717, 1.165) is 15.7 Å². The van der Waals surface area contributed by atoms with E-state index in [1.165, 1.54) is 19.1 Å². The Hall–Kier alpha value is -1.68. The van der Waals surface area contributed by atoms with E-state index in [0.29, 0.717) is 12.1 Å². The fourth-order valence-corrected chi connectivity index (χ4v) is 2.50. The van der Waals surface area contributed by atoms with Crippen molar-refractivity contribution >= 4 is 27.4 Å². The van der Waals surface area contributed by atoms with Gasteiger partial charge in [-0.2, -0.15) is 0 Å². The lowest BCUT2D eigenvalue weighted by Gasteiger charge is -2.22.